The van der Waals surface area contributed by atoms with Crippen LogP contribution in [-0.4, -0.2) is 50.2 Å². The van der Waals surface area contributed by atoms with E-state index in [9.17, 15) is 22.0 Å². The predicted molar refractivity (Wildman–Crippen MR) is 80.5 cm³/mol. The molecule has 6 nitrogen and oxygen atoms in total. The van der Waals surface area contributed by atoms with Crippen molar-refractivity contribution < 1.29 is 22.0 Å². The first-order valence-electron chi connectivity index (χ1n) is 7.13. The zero-order valence-corrected chi connectivity index (χ0v) is 13.7. The fourth-order valence-electron chi connectivity index (χ4n) is 2.35. The molecule has 128 valence electrons. The van der Waals surface area contributed by atoms with Crippen molar-refractivity contribution in [3.8, 4) is 0 Å². The van der Waals surface area contributed by atoms with E-state index in [2.05, 4.69) is 4.72 Å². The van der Waals surface area contributed by atoms with Gasteiger partial charge in [0, 0.05) is 38.8 Å². The van der Waals surface area contributed by atoms with Gasteiger partial charge in [0.15, 0.2) is 0 Å². The topological polar surface area (TPSA) is 69.7 Å². The van der Waals surface area contributed by atoms with Gasteiger partial charge in [0.2, 0.25) is 5.91 Å². The monoisotopic (exact) mass is 347 g/mol. The molecule has 1 aliphatic rings. The maximum Gasteiger partial charge on any atom is 0.279 e. The molecular formula is C14H19F2N3O3S. The van der Waals surface area contributed by atoms with Crippen molar-refractivity contribution in [3.05, 3.63) is 35.4 Å². The number of hydrogen-bond donors (Lipinski definition) is 1. The van der Waals surface area contributed by atoms with Gasteiger partial charge in [-0.1, -0.05) is 6.07 Å². The van der Waals surface area contributed by atoms with E-state index in [0.29, 0.717) is 19.4 Å². The predicted octanol–water partition coefficient (Wildman–Crippen LogP) is 0.852. The average molecular weight is 347 g/mol. The molecule has 1 saturated heterocycles. The molecule has 1 atom stereocenters. The van der Waals surface area contributed by atoms with E-state index in [1.807, 2.05) is 0 Å². The molecule has 0 spiro atoms. The minimum absolute atomic E-state index is 0.0227. The van der Waals surface area contributed by atoms with E-state index in [1.165, 1.54) is 25.1 Å². The molecule has 1 aromatic rings. The van der Waals surface area contributed by atoms with Crippen molar-refractivity contribution in [1.29, 1.82) is 0 Å². The van der Waals surface area contributed by atoms with E-state index in [4.69, 9.17) is 0 Å². The molecule has 1 fully saturated rings. The third-order valence-electron chi connectivity index (χ3n) is 3.68. The number of benzene rings is 1. The molecule has 0 radical (unpaired) electrons. The van der Waals surface area contributed by atoms with Gasteiger partial charge in [-0.15, -0.1) is 0 Å². The molecule has 0 aliphatic carbocycles. The summed E-state index contributed by atoms with van der Waals surface area (Å²) in [6, 6.07) is 2.29. The van der Waals surface area contributed by atoms with Crippen LogP contribution >= 0.6 is 0 Å². The highest BCUT2D eigenvalue weighted by Gasteiger charge is 2.32. The Morgan fingerprint density at radius 3 is 2.65 bits per heavy atom. The van der Waals surface area contributed by atoms with E-state index in [-0.39, 0.29) is 12.1 Å². The van der Waals surface area contributed by atoms with Gasteiger partial charge in [0.25, 0.3) is 10.2 Å². The minimum atomic E-state index is -3.73. The molecule has 2 rings (SSSR count). The highest BCUT2D eigenvalue weighted by atomic mass is 32.2. The summed E-state index contributed by atoms with van der Waals surface area (Å²) >= 11 is 0. The van der Waals surface area contributed by atoms with E-state index in [0.717, 1.165) is 16.4 Å². The summed E-state index contributed by atoms with van der Waals surface area (Å²) in [5.74, 6) is -1.83. The molecule has 0 bridgehead atoms. The Labute approximate surface area is 134 Å². The second-order valence-electron chi connectivity index (χ2n) is 5.60. The molecule has 1 aromatic carbocycles. The van der Waals surface area contributed by atoms with Gasteiger partial charge in [-0.2, -0.15) is 17.4 Å². The highest BCUT2D eigenvalue weighted by molar-refractivity contribution is 7.87. The van der Waals surface area contributed by atoms with Crippen LogP contribution in [-0.2, 0) is 21.5 Å². The van der Waals surface area contributed by atoms with Crippen LogP contribution in [0.25, 0.3) is 0 Å². The Morgan fingerprint density at radius 1 is 1.35 bits per heavy atom. The Balaban J connectivity index is 2.10. The second kappa shape index (κ2) is 6.90. The summed E-state index contributed by atoms with van der Waals surface area (Å²) in [5.41, 5.74) is 0.191. The number of piperidine rings is 1. The SMILES string of the molecule is CN(C)S(=O)(=O)N[C@H]1CCCN(Cc2ccc(F)cc2F)C1=O. The van der Waals surface area contributed by atoms with Crippen molar-refractivity contribution in [1.82, 2.24) is 13.9 Å². The third-order valence-corrected chi connectivity index (χ3v) is 5.22. The summed E-state index contributed by atoms with van der Waals surface area (Å²) in [5, 5.41) is 0. The zero-order chi connectivity index (χ0) is 17.2. The number of nitrogens with one attached hydrogen (secondary N) is 1. The number of amides is 1. The minimum Gasteiger partial charge on any atom is -0.337 e. The van der Waals surface area contributed by atoms with Crippen LogP contribution in [0.5, 0.6) is 0 Å². The summed E-state index contributed by atoms with van der Waals surface area (Å²) in [6.07, 6.45) is 0.976. The van der Waals surface area contributed by atoms with Crippen molar-refractivity contribution in [2.45, 2.75) is 25.4 Å². The number of carbonyl (C=O) groups excluding carboxylic acids is 1. The lowest BCUT2D eigenvalue weighted by molar-refractivity contribution is -0.136. The first-order valence-corrected chi connectivity index (χ1v) is 8.57. The normalized spacial score (nSPS) is 19.4. The number of halogens is 2. The molecule has 0 saturated carbocycles. The summed E-state index contributed by atoms with van der Waals surface area (Å²) in [7, 11) is -1.00. The van der Waals surface area contributed by atoms with Crippen LogP contribution in [0.1, 0.15) is 18.4 Å². The fourth-order valence-corrected chi connectivity index (χ4v) is 3.14. The smallest absolute Gasteiger partial charge is 0.279 e. The number of rotatable bonds is 5. The van der Waals surface area contributed by atoms with E-state index in [1.54, 1.807) is 0 Å². The molecule has 1 amide bonds. The first-order chi connectivity index (χ1) is 10.7. The molecule has 0 unspecified atom stereocenters. The lowest BCUT2D eigenvalue weighted by Gasteiger charge is -2.33. The van der Waals surface area contributed by atoms with Gasteiger partial charge in [-0.05, 0) is 18.9 Å². The van der Waals surface area contributed by atoms with Gasteiger partial charge in [-0.3, -0.25) is 4.79 Å². The van der Waals surface area contributed by atoms with Gasteiger partial charge < -0.3 is 4.90 Å². The van der Waals surface area contributed by atoms with E-state index >= 15 is 0 Å². The fraction of sp³-hybridized carbons (Fsp3) is 0.500. The van der Waals surface area contributed by atoms with E-state index < -0.39 is 33.8 Å². The summed E-state index contributed by atoms with van der Waals surface area (Å²) < 4.78 is 53.6. The number of nitrogens with zero attached hydrogens (tertiary/aromatic N) is 2. The lowest BCUT2D eigenvalue weighted by atomic mass is 10.0. The van der Waals surface area contributed by atoms with Crippen LogP contribution in [0.15, 0.2) is 18.2 Å². The molecule has 1 N–H and O–H groups in total. The quantitative estimate of drug-likeness (QED) is 0.859. The van der Waals surface area contributed by atoms with Crippen LogP contribution in [0, 0.1) is 11.6 Å². The maximum atomic E-state index is 13.7. The molecular weight excluding hydrogens is 328 g/mol. The van der Waals surface area contributed by atoms with Crippen molar-refractivity contribution in [2.24, 2.45) is 0 Å². The van der Waals surface area contributed by atoms with Gasteiger partial charge >= 0.3 is 0 Å². The van der Waals surface area contributed by atoms with Crippen LogP contribution in [0.4, 0.5) is 8.78 Å². The summed E-state index contributed by atoms with van der Waals surface area (Å²) in [6.45, 7) is 0.376. The molecule has 1 aliphatic heterocycles. The average Bonchev–Trinajstić information content (AvgIpc) is 2.45. The molecule has 0 aromatic heterocycles. The van der Waals surface area contributed by atoms with Crippen LogP contribution < -0.4 is 4.72 Å². The maximum absolute atomic E-state index is 13.7. The Kier molecular flexibility index (Phi) is 5.33. The molecule has 1 heterocycles. The standard InChI is InChI=1S/C14H19F2N3O3S/c1-18(2)23(21,22)17-13-4-3-7-19(14(13)20)9-10-5-6-11(15)8-12(10)16/h5-6,8,13,17H,3-4,7,9H2,1-2H3/t13-/m0/s1. The molecule has 9 heteroatoms. The summed E-state index contributed by atoms with van der Waals surface area (Å²) in [4.78, 5) is 13.8. The number of hydrogen-bond acceptors (Lipinski definition) is 3. The van der Waals surface area contributed by atoms with Gasteiger partial charge in [0.05, 0.1) is 0 Å². The van der Waals surface area contributed by atoms with Crippen molar-refractivity contribution in [3.63, 3.8) is 0 Å². The van der Waals surface area contributed by atoms with Crippen molar-refractivity contribution >= 4 is 16.1 Å². The van der Waals surface area contributed by atoms with Gasteiger partial charge in [-0.25, -0.2) is 8.78 Å². The Hall–Kier alpha value is -1.58. The number of carbonyl (C=O) groups is 1. The lowest BCUT2D eigenvalue weighted by Crippen LogP contribution is -2.53. The second-order valence-corrected chi connectivity index (χ2v) is 7.51. The third kappa shape index (κ3) is 4.24. The van der Waals surface area contributed by atoms with Crippen LogP contribution in [0.3, 0.4) is 0 Å². The first kappa shape index (κ1) is 17.8. The highest BCUT2D eigenvalue weighted by Crippen LogP contribution is 2.18. The van der Waals surface area contributed by atoms with Crippen LogP contribution in [0.2, 0.25) is 0 Å². The largest absolute Gasteiger partial charge is 0.337 e. The zero-order valence-electron chi connectivity index (χ0n) is 12.9. The Bertz CT molecular complexity index is 695. The van der Waals surface area contributed by atoms with Crippen molar-refractivity contribution in [2.75, 3.05) is 20.6 Å². The van der Waals surface area contributed by atoms with Gasteiger partial charge in [0.1, 0.15) is 17.7 Å². The molecule has 23 heavy (non-hydrogen) atoms. The Morgan fingerprint density at radius 2 is 2.04 bits per heavy atom. The number of likely N-dealkylation sites (tertiary alicyclic amines) is 1.